The molecule has 33 heavy (non-hydrogen) atoms. The minimum atomic E-state index is -1.25. The molecule has 0 radical (unpaired) electrons. The Bertz CT molecular complexity index is 1060. The molecule has 0 bridgehead atoms. The van der Waals surface area contributed by atoms with Crippen LogP contribution in [-0.4, -0.2) is 57.7 Å². The number of anilines is 3. The van der Waals surface area contributed by atoms with Crippen LogP contribution in [-0.2, 0) is 14.4 Å². The third kappa shape index (κ3) is 5.81. The lowest BCUT2D eigenvalue weighted by Crippen LogP contribution is -2.44. The van der Waals surface area contributed by atoms with E-state index in [4.69, 9.17) is 10.8 Å². The molecule has 1 aromatic heterocycles. The van der Waals surface area contributed by atoms with Crippen LogP contribution in [0.1, 0.15) is 32.1 Å². The number of carbonyl (C=O) groups is 3. The summed E-state index contributed by atoms with van der Waals surface area (Å²) in [6.45, 7) is 0.422. The highest BCUT2D eigenvalue weighted by atomic mass is 16.4. The van der Waals surface area contributed by atoms with Crippen molar-refractivity contribution in [3.63, 3.8) is 0 Å². The summed E-state index contributed by atoms with van der Waals surface area (Å²) in [6.07, 6.45) is 4.65. The molecule has 1 amide bonds. The number of aromatic amines is 1. The van der Waals surface area contributed by atoms with Crippen molar-refractivity contribution >= 4 is 35.3 Å². The van der Waals surface area contributed by atoms with E-state index >= 15 is 0 Å². The summed E-state index contributed by atoms with van der Waals surface area (Å²) in [6, 6.07) is -1.23. The molecule has 0 saturated heterocycles. The summed E-state index contributed by atoms with van der Waals surface area (Å²) < 4.78 is 0. The van der Waals surface area contributed by atoms with Crippen molar-refractivity contribution in [2.75, 3.05) is 29.5 Å². The summed E-state index contributed by atoms with van der Waals surface area (Å²) in [5.74, 6) is -2.76. The van der Waals surface area contributed by atoms with E-state index in [-0.39, 0.29) is 30.3 Å². The average Bonchev–Trinajstić information content (AvgIpc) is 2.75. The molecule has 1 aromatic rings. The molecule has 13 nitrogen and oxygen atoms in total. The Kier molecular flexibility index (Phi) is 7.20. The van der Waals surface area contributed by atoms with Crippen LogP contribution >= 0.6 is 0 Å². The maximum absolute atomic E-state index is 12.4. The number of likely N-dealkylation sites (N-methyl/N-ethyl adjacent to an activating group) is 1. The largest absolute Gasteiger partial charge is 0.481 e. The monoisotopic (exact) mass is 461 g/mol. The zero-order chi connectivity index (χ0) is 24.1. The van der Waals surface area contributed by atoms with E-state index in [1.54, 1.807) is 18.1 Å². The molecule has 2 aliphatic rings. The summed E-state index contributed by atoms with van der Waals surface area (Å²) in [4.78, 5) is 54.9. The molecule has 0 spiro atoms. The fourth-order valence-corrected chi connectivity index (χ4v) is 3.71. The molecule has 8 N–H and O–H groups in total. The van der Waals surface area contributed by atoms with Crippen molar-refractivity contribution in [2.24, 2.45) is 5.92 Å². The summed E-state index contributed by atoms with van der Waals surface area (Å²) in [5.41, 5.74) is 7.30. The molecule has 1 aliphatic heterocycles. The van der Waals surface area contributed by atoms with Gasteiger partial charge in [0.25, 0.3) is 5.56 Å². The fourth-order valence-electron chi connectivity index (χ4n) is 3.71. The Morgan fingerprint density at radius 2 is 2.12 bits per heavy atom. The Morgan fingerprint density at radius 1 is 1.36 bits per heavy atom. The Balaban J connectivity index is 1.53. The number of H-pyrrole nitrogens is 1. The van der Waals surface area contributed by atoms with Gasteiger partial charge < -0.3 is 36.8 Å². The van der Waals surface area contributed by atoms with Crippen LogP contribution in [0.15, 0.2) is 28.5 Å². The van der Waals surface area contributed by atoms with Crippen molar-refractivity contribution in [1.29, 1.82) is 0 Å². The lowest BCUT2D eigenvalue weighted by atomic mass is 9.91. The second-order valence-corrected chi connectivity index (χ2v) is 7.87. The Morgan fingerprint density at radius 3 is 2.76 bits per heavy atom. The van der Waals surface area contributed by atoms with E-state index in [2.05, 4.69) is 25.9 Å². The van der Waals surface area contributed by atoms with E-state index < -0.39 is 23.9 Å². The molecule has 0 fully saturated rings. The second-order valence-electron chi connectivity index (χ2n) is 7.87. The summed E-state index contributed by atoms with van der Waals surface area (Å²) in [5, 5.41) is 26.6. The highest BCUT2D eigenvalue weighted by molar-refractivity contribution is 5.85. The van der Waals surface area contributed by atoms with Gasteiger partial charge in [0.05, 0.1) is 12.2 Å². The number of nitrogen functional groups attached to an aromatic ring is 1. The third-order valence-corrected chi connectivity index (χ3v) is 5.59. The van der Waals surface area contributed by atoms with Crippen molar-refractivity contribution in [3.05, 3.63) is 34.0 Å². The van der Waals surface area contributed by atoms with Crippen molar-refractivity contribution in [3.8, 4) is 0 Å². The number of hydrogen-bond acceptors (Lipinski definition) is 9. The smallest absolute Gasteiger partial charge is 0.326 e. The van der Waals surface area contributed by atoms with Crippen molar-refractivity contribution in [1.82, 2.24) is 20.6 Å². The van der Waals surface area contributed by atoms with Gasteiger partial charge in [0.2, 0.25) is 11.9 Å². The lowest BCUT2D eigenvalue weighted by molar-refractivity contribution is -0.143. The van der Waals surface area contributed by atoms with Crippen LogP contribution in [0.5, 0.6) is 0 Å². The number of aromatic nitrogens is 2. The quantitative estimate of drug-likeness (QED) is 0.256. The lowest BCUT2D eigenvalue weighted by Gasteiger charge is -2.29. The Hall–Kier alpha value is -4.03. The molecule has 178 valence electrons. The minimum absolute atomic E-state index is 0.0251. The topological polar surface area (TPSA) is 203 Å². The molecular weight excluding hydrogens is 434 g/mol. The van der Waals surface area contributed by atoms with Crippen LogP contribution in [0.3, 0.4) is 0 Å². The van der Waals surface area contributed by atoms with Gasteiger partial charge in [-0.3, -0.25) is 19.4 Å². The number of amides is 1. The number of aliphatic carboxylic acids is 2. The Labute approximate surface area is 188 Å². The van der Waals surface area contributed by atoms with Gasteiger partial charge in [-0.2, -0.15) is 4.98 Å². The molecule has 0 aromatic carbocycles. The first-order valence-electron chi connectivity index (χ1n) is 10.4. The molecule has 1 aliphatic carbocycles. The number of nitrogens with one attached hydrogen (secondary N) is 4. The number of rotatable bonds is 9. The maximum Gasteiger partial charge on any atom is 0.326 e. The van der Waals surface area contributed by atoms with Gasteiger partial charge in [0.15, 0.2) is 11.5 Å². The van der Waals surface area contributed by atoms with E-state index in [1.807, 2.05) is 6.08 Å². The van der Waals surface area contributed by atoms with Crippen molar-refractivity contribution in [2.45, 2.75) is 38.1 Å². The van der Waals surface area contributed by atoms with Gasteiger partial charge in [-0.15, -0.1) is 0 Å². The number of nitrogens with two attached hydrogens (primary N) is 1. The van der Waals surface area contributed by atoms with Gasteiger partial charge in [-0.1, -0.05) is 6.08 Å². The summed E-state index contributed by atoms with van der Waals surface area (Å²) >= 11 is 0. The van der Waals surface area contributed by atoms with Gasteiger partial charge >= 0.3 is 11.9 Å². The molecule has 0 saturated carbocycles. The van der Waals surface area contributed by atoms with Crippen LogP contribution in [0.25, 0.3) is 0 Å². The van der Waals surface area contributed by atoms with Gasteiger partial charge in [0.1, 0.15) is 6.04 Å². The second kappa shape index (κ2) is 10.1. The predicted molar refractivity (Wildman–Crippen MR) is 119 cm³/mol. The van der Waals surface area contributed by atoms with Crippen LogP contribution in [0.4, 0.5) is 17.5 Å². The first-order chi connectivity index (χ1) is 15.7. The third-order valence-electron chi connectivity index (χ3n) is 5.59. The molecule has 2 atom stereocenters. The van der Waals surface area contributed by atoms with Gasteiger partial charge in [-0.25, -0.2) is 4.79 Å². The van der Waals surface area contributed by atoms with Crippen LogP contribution in [0, 0.1) is 5.92 Å². The number of nitrogens with zero attached hydrogens (tertiary/aromatic N) is 2. The molecule has 1 unspecified atom stereocenters. The summed E-state index contributed by atoms with van der Waals surface area (Å²) in [7, 11) is 1.75. The number of carbonyl (C=O) groups excluding carboxylic acids is 1. The number of hydrogen-bond donors (Lipinski definition) is 7. The van der Waals surface area contributed by atoms with Gasteiger partial charge in [-0.05, 0) is 25.7 Å². The normalized spacial score (nSPS) is 18.2. The fraction of sp³-hybridized carbons (Fsp3) is 0.450. The highest BCUT2D eigenvalue weighted by Gasteiger charge is 2.27. The first-order valence-corrected chi connectivity index (χ1v) is 10.4. The number of fused-ring (bicyclic) bond motifs is 1. The van der Waals surface area contributed by atoms with Crippen LogP contribution < -0.4 is 32.1 Å². The molecule has 13 heteroatoms. The predicted octanol–water partition coefficient (Wildman–Crippen LogP) is -0.237. The molecule has 2 heterocycles. The molecule has 3 rings (SSSR count). The standard InChI is InChI=1S/C20H27N7O6/c1-27-12(9-23-16-15(27)18(31)26-20(21)25-16)8-22-11-4-2-10(3-5-11)17(30)24-13(19(32)33)6-7-14(28)29/h4,9-10,13,22H,2-3,5-8H2,1H3,(H,24,30)(H,28,29)(H,32,33)(H4,21,23,25,26,31)/t10?,13-/m0/s1. The average molecular weight is 461 g/mol. The zero-order valence-corrected chi connectivity index (χ0v) is 18.1. The van der Waals surface area contributed by atoms with E-state index in [1.165, 1.54) is 0 Å². The zero-order valence-electron chi connectivity index (χ0n) is 18.1. The molecular formula is C20H27N7O6. The maximum atomic E-state index is 12.4. The van der Waals surface area contributed by atoms with Gasteiger partial charge in [0, 0.05) is 31.3 Å². The van der Waals surface area contributed by atoms with E-state index in [0.29, 0.717) is 37.3 Å². The van der Waals surface area contributed by atoms with Crippen LogP contribution in [0.2, 0.25) is 0 Å². The van der Waals surface area contributed by atoms with E-state index in [0.717, 1.165) is 11.4 Å². The SMILES string of the molecule is CN1C(CNC2=CCC(C(=O)N[C@@H](CCC(=O)O)C(=O)O)CC2)=CNc2nc(N)[nH]c(=O)c21. The number of carboxylic acids is 2. The first kappa shape index (κ1) is 23.6. The van der Waals surface area contributed by atoms with E-state index in [9.17, 15) is 24.3 Å². The number of carboxylic acid groups (broad SMARTS) is 2. The minimum Gasteiger partial charge on any atom is -0.481 e. The van der Waals surface area contributed by atoms with Crippen molar-refractivity contribution < 1.29 is 24.6 Å². The highest BCUT2D eigenvalue weighted by Crippen LogP contribution is 2.27. The number of allylic oxidation sites excluding steroid dienone is 2.